The zero-order valence-electron chi connectivity index (χ0n) is 9.61. The van der Waals surface area contributed by atoms with E-state index in [0.29, 0.717) is 11.7 Å². The predicted octanol–water partition coefficient (Wildman–Crippen LogP) is 1.59. The maximum absolute atomic E-state index is 11.5. The molecule has 15 heavy (non-hydrogen) atoms. The lowest BCUT2D eigenvalue weighted by molar-refractivity contribution is 0.246. The molecule has 1 unspecified atom stereocenters. The molecule has 2 N–H and O–H groups in total. The van der Waals surface area contributed by atoms with Gasteiger partial charge in [-0.3, -0.25) is 10.00 Å². The van der Waals surface area contributed by atoms with E-state index in [-0.39, 0.29) is 12.1 Å². The predicted molar refractivity (Wildman–Crippen MR) is 59.7 cm³/mol. The van der Waals surface area contributed by atoms with Gasteiger partial charge in [-0.1, -0.05) is 13.8 Å². The topological polar surface area (TPSA) is 59.0 Å². The van der Waals surface area contributed by atoms with Crippen LogP contribution in [-0.4, -0.2) is 21.9 Å². The molecule has 0 saturated heterocycles. The van der Waals surface area contributed by atoms with Gasteiger partial charge in [-0.15, -0.1) is 0 Å². The van der Waals surface area contributed by atoms with Gasteiger partial charge in [0.1, 0.15) is 0 Å². The summed E-state index contributed by atoms with van der Waals surface area (Å²) >= 11 is 0. The van der Waals surface area contributed by atoms with E-state index in [1.807, 2.05) is 6.92 Å². The van der Waals surface area contributed by atoms with Crippen LogP contribution < -0.4 is 10.6 Å². The van der Waals surface area contributed by atoms with Crippen molar-refractivity contribution < 1.29 is 4.79 Å². The van der Waals surface area contributed by atoms with Crippen LogP contribution in [0.4, 0.5) is 10.6 Å². The Morgan fingerprint density at radius 2 is 2.13 bits per heavy atom. The zero-order valence-corrected chi connectivity index (χ0v) is 9.61. The van der Waals surface area contributed by atoms with Gasteiger partial charge in [0.25, 0.3) is 0 Å². The van der Waals surface area contributed by atoms with Crippen molar-refractivity contribution in [2.45, 2.75) is 26.8 Å². The molecule has 5 nitrogen and oxygen atoms in total. The molecule has 0 fully saturated rings. The first-order valence-electron chi connectivity index (χ1n) is 5.06. The number of rotatable bonds is 3. The normalized spacial score (nSPS) is 12.6. The molecule has 0 aliphatic heterocycles. The Hall–Kier alpha value is -1.52. The molecule has 84 valence electrons. The number of aryl methyl sites for hydroxylation is 1. The SMILES string of the molecule is CC(C)C(C)NC(=O)Nc1ccn(C)n1. The number of hydrogen-bond acceptors (Lipinski definition) is 2. The van der Waals surface area contributed by atoms with E-state index < -0.39 is 0 Å². The summed E-state index contributed by atoms with van der Waals surface area (Å²) in [5.74, 6) is 0.977. The molecule has 1 aromatic rings. The summed E-state index contributed by atoms with van der Waals surface area (Å²) in [6.45, 7) is 6.10. The maximum Gasteiger partial charge on any atom is 0.320 e. The van der Waals surface area contributed by atoms with Crippen molar-refractivity contribution in [2.24, 2.45) is 13.0 Å². The van der Waals surface area contributed by atoms with Crippen molar-refractivity contribution >= 4 is 11.8 Å². The minimum absolute atomic E-state index is 0.147. The van der Waals surface area contributed by atoms with Crippen LogP contribution in [0.5, 0.6) is 0 Å². The van der Waals surface area contributed by atoms with E-state index in [2.05, 4.69) is 29.6 Å². The van der Waals surface area contributed by atoms with Crippen LogP contribution in [0.15, 0.2) is 12.3 Å². The average Bonchev–Trinajstić information content (AvgIpc) is 2.50. The summed E-state index contributed by atoms with van der Waals surface area (Å²) in [7, 11) is 1.81. The second-order valence-corrected chi connectivity index (χ2v) is 4.01. The molecule has 1 aromatic heterocycles. The molecule has 0 aliphatic carbocycles. The Morgan fingerprint density at radius 1 is 1.47 bits per heavy atom. The number of carbonyl (C=O) groups excluding carboxylic acids is 1. The highest BCUT2D eigenvalue weighted by Gasteiger charge is 2.11. The van der Waals surface area contributed by atoms with Crippen LogP contribution in [0.2, 0.25) is 0 Å². The first kappa shape index (κ1) is 11.6. The van der Waals surface area contributed by atoms with Crippen molar-refractivity contribution in [1.29, 1.82) is 0 Å². The average molecular weight is 210 g/mol. The number of nitrogens with one attached hydrogen (secondary N) is 2. The van der Waals surface area contributed by atoms with Crippen molar-refractivity contribution in [3.8, 4) is 0 Å². The lowest BCUT2D eigenvalue weighted by Crippen LogP contribution is -2.39. The molecule has 5 heteroatoms. The number of urea groups is 1. The summed E-state index contributed by atoms with van der Waals surface area (Å²) in [5, 5.41) is 9.55. The fourth-order valence-electron chi connectivity index (χ4n) is 1.01. The quantitative estimate of drug-likeness (QED) is 0.795. The highest BCUT2D eigenvalue weighted by Crippen LogP contribution is 2.02. The number of anilines is 1. The van der Waals surface area contributed by atoms with E-state index >= 15 is 0 Å². The minimum Gasteiger partial charge on any atom is -0.335 e. The number of nitrogens with zero attached hydrogens (tertiary/aromatic N) is 2. The van der Waals surface area contributed by atoms with Crippen LogP contribution in [-0.2, 0) is 7.05 Å². The maximum atomic E-state index is 11.5. The Kier molecular flexibility index (Phi) is 3.71. The number of amides is 2. The largest absolute Gasteiger partial charge is 0.335 e. The van der Waals surface area contributed by atoms with Crippen LogP contribution in [0, 0.1) is 5.92 Å². The van der Waals surface area contributed by atoms with Crippen molar-refractivity contribution in [3.05, 3.63) is 12.3 Å². The fourth-order valence-corrected chi connectivity index (χ4v) is 1.01. The molecule has 0 radical (unpaired) electrons. The molecule has 0 saturated carbocycles. The summed E-state index contributed by atoms with van der Waals surface area (Å²) in [6.07, 6.45) is 1.78. The van der Waals surface area contributed by atoms with Gasteiger partial charge in [-0.05, 0) is 12.8 Å². The van der Waals surface area contributed by atoms with Crippen molar-refractivity contribution in [3.63, 3.8) is 0 Å². The number of carbonyl (C=O) groups is 1. The lowest BCUT2D eigenvalue weighted by Gasteiger charge is -2.17. The van der Waals surface area contributed by atoms with Gasteiger partial charge >= 0.3 is 6.03 Å². The van der Waals surface area contributed by atoms with Gasteiger partial charge in [0, 0.05) is 25.4 Å². The smallest absolute Gasteiger partial charge is 0.320 e. The summed E-state index contributed by atoms with van der Waals surface area (Å²) in [5.41, 5.74) is 0. The lowest BCUT2D eigenvalue weighted by atomic mass is 10.1. The molecular weight excluding hydrogens is 192 g/mol. The van der Waals surface area contributed by atoms with Gasteiger partial charge in [-0.25, -0.2) is 4.79 Å². The molecule has 0 bridgehead atoms. The first-order valence-corrected chi connectivity index (χ1v) is 5.06. The summed E-state index contributed by atoms with van der Waals surface area (Å²) < 4.78 is 1.64. The van der Waals surface area contributed by atoms with E-state index in [1.165, 1.54) is 0 Å². The van der Waals surface area contributed by atoms with Crippen molar-refractivity contribution in [1.82, 2.24) is 15.1 Å². The second kappa shape index (κ2) is 4.82. The Bertz CT molecular complexity index is 332. The molecule has 0 spiro atoms. The Labute approximate surface area is 89.9 Å². The summed E-state index contributed by atoms with van der Waals surface area (Å²) in [4.78, 5) is 11.5. The number of hydrogen-bond donors (Lipinski definition) is 2. The zero-order chi connectivity index (χ0) is 11.4. The van der Waals surface area contributed by atoms with E-state index in [4.69, 9.17) is 0 Å². The molecule has 1 heterocycles. The summed E-state index contributed by atoms with van der Waals surface area (Å²) in [6, 6.07) is 1.68. The Balaban J connectivity index is 2.43. The molecule has 1 atom stereocenters. The van der Waals surface area contributed by atoms with Gasteiger partial charge in [0.05, 0.1) is 0 Å². The standard InChI is InChI=1S/C10H18N4O/c1-7(2)8(3)11-10(15)12-9-5-6-14(4)13-9/h5-8H,1-4H3,(H2,11,12,13,15). The molecule has 2 amide bonds. The Morgan fingerprint density at radius 3 is 2.60 bits per heavy atom. The number of aromatic nitrogens is 2. The molecule has 1 rings (SSSR count). The van der Waals surface area contributed by atoms with Gasteiger partial charge < -0.3 is 5.32 Å². The van der Waals surface area contributed by atoms with Crippen LogP contribution in [0.1, 0.15) is 20.8 Å². The highest BCUT2D eigenvalue weighted by molar-refractivity contribution is 5.88. The van der Waals surface area contributed by atoms with Gasteiger partial charge in [-0.2, -0.15) is 5.10 Å². The third-order valence-corrected chi connectivity index (χ3v) is 2.31. The van der Waals surface area contributed by atoms with Gasteiger partial charge in [0.15, 0.2) is 5.82 Å². The highest BCUT2D eigenvalue weighted by atomic mass is 16.2. The molecular formula is C10H18N4O. The van der Waals surface area contributed by atoms with Crippen LogP contribution >= 0.6 is 0 Å². The van der Waals surface area contributed by atoms with Gasteiger partial charge in [0.2, 0.25) is 0 Å². The van der Waals surface area contributed by atoms with E-state index in [9.17, 15) is 4.79 Å². The molecule has 0 aromatic carbocycles. The van der Waals surface area contributed by atoms with Crippen LogP contribution in [0.3, 0.4) is 0 Å². The van der Waals surface area contributed by atoms with Crippen LogP contribution in [0.25, 0.3) is 0 Å². The second-order valence-electron chi connectivity index (χ2n) is 4.01. The third kappa shape index (κ3) is 3.61. The van der Waals surface area contributed by atoms with Crippen molar-refractivity contribution in [2.75, 3.05) is 5.32 Å². The first-order chi connectivity index (χ1) is 6.99. The molecule has 0 aliphatic rings. The van der Waals surface area contributed by atoms with E-state index in [0.717, 1.165) is 0 Å². The third-order valence-electron chi connectivity index (χ3n) is 2.31. The van der Waals surface area contributed by atoms with E-state index in [1.54, 1.807) is 24.0 Å². The monoisotopic (exact) mass is 210 g/mol. The minimum atomic E-state index is -0.213. The fraction of sp³-hybridized carbons (Fsp3) is 0.600.